The topological polar surface area (TPSA) is 26.3 Å². The largest absolute Gasteiger partial charge is 0.423 e. The van der Waals surface area contributed by atoms with Gasteiger partial charge in [0.15, 0.2) is 11.6 Å². The Kier molecular flexibility index (Phi) is 6.65. The second-order valence-electron chi connectivity index (χ2n) is 7.51. The third kappa shape index (κ3) is 4.77. The molecule has 0 amide bonds. The van der Waals surface area contributed by atoms with E-state index in [1.54, 1.807) is 0 Å². The Morgan fingerprint density at radius 3 is 2.37 bits per heavy atom. The van der Waals surface area contributed by atoms with E-state index in [0.717, 1.165) is 24.8 Å². The zero-order valence-electron chi connectivity index (χ0n) is 16.4. The second kappa shape index (κ2) is 9.16. The fraction of sp³-hybridized carbons (Fsp3) is 0.458. The number of fused-ring (bicyclic) bond motifs is 1. The first-order chi connectivity index (χ1) is 13.1. The lowest BCUT2D eigenvalue weighted by molar-refractivity contribution is -0.140. The molecular formula is C24H29FO2. The van der Waals surface area contributed by atoms with Crippen LogP contribution in [0.4, 0.5) is 4.39 Å². The molecule has 2 aromatic rings. The van der Waals surface area contributed by atoms with E-state index in [0.29, 0.717) is 18.4 Å². The van der Waals surface area contributed by atoms with Crippen molar-refractivity contribution in [3.63, 3.8) is 0 Å². The number of benzene rings is 2. The highest BCUT2D eigenvalue weighted by Crippen LogP contribution is 2.34. The molecule has 0 saturated heterocycles. The van der Waals surface area contributed by atoms with Gasteiger partial charge in [-0.1, -0.05) is 63.1 Å². The SMILES string of the molecule is CCCCCc1ccc(CCC2Cc3ccc(CC)c(F)c3OC2=O)cc1. The molecule has 0 fully saturated rings. The molecule has 1 heterocycles. The Morgan fingerprint density at radius 1 is 1.00 bits per heavy atom. The van der Waals surface area contributed by atoms with Gasteiger partial charge < -0.3 is 4.74 Å². The van der Waals surface area contributed by atoms with Crippen molar-refractivity contribution in [1.29, 1.82) is 0 Å². The summed E-state index contributed by atoms with van der Waals surface area (Å²) in [6, 6.07) is 12.4. The van der Waals surface area contributed by atoms with Crippen molar-refractivity contribution in [3.05, 3.63) is 64.5 Å². The van der Waals surface area contributed by atoms with Gasteiger partial charge in [-0.2, -0.15) is 0 Å². The first kappa shape index (κ1) is 19.6. The van der Waals surface area contributed by atoms with Gasteiger partial charge in [0.1, 0.15) is 0 Å². The molecule has 2 nitrogen and oxygen atoms in total. The lowest BCUT2D eigenvalue weighted by Crippen LogP contribution is -2.29. The molecule has 27 heavy (non-hydrogen) atoms. The zero-order chi connectivity index (χ0) is 19.2. The van der Waals surface area contributed by atoms with Crippen LogP contribution in [-0.2, 0) is 30.5 Å². The molecule has 0 bridgehead atoms. The minimum Gasteiger partial charge on any atom is -0.423 e. The van der Waals surface area contributed by atoms with E-state index >= 15 is 0 Å². The number of halogens is 1. The van der Waals surface area contributed by atoms with E-state index in [-0.39, 0.29) is 23.5 Å². The van der Waals surface area contributed by atoms with Crippen molar-refractivity contribution < 1.29 is 13.9 Å². The standard InChI is InChI=1S/C24H29FO2/c1-3-5-6-7-17-8-10-18(11-9-17)12-13-21-16-20-15-14-19(4-2)22(25)23(20)27-24(21)26/h8-11,14-15,21H,3-7,12-13,16H2,1-2H3. The molecule has 0 saturated carbocycles. The summed E-state index contributed by atoms with van der Waals surface area (Å²) >= 11 is 0. The van der Waals surface area contributed by atoms with Crippen LogP contribution in [0.2, 0.25) is 0 Å². The lowest BCUT2D eigenvalue weighted by Gasteiger charge is -2.24. The minimum absolute atomic E-state index is 0.145. The molecule has 1 unspecified atom stereocenters. The zero-order valence-corrected chi connectivity index (χ0v) is 16.4. The first-order valence-electron chi connectivity index (χ1n) is 10.2. The lowest BCUT2D eigenvalue weighted by atomic mass is 9.89. The monoisotopic (exact) mass is 368 g/mol. The van der Waals surface area contributed by atoms with E-state index in [9.17, 15) is 9.18 Å². The van der Waals surface area contributed by atoms with Crippen molar-refractivity contribution in [2.24, 2.45) is 5.92 Å². The highest BCUT2D eigenvalue weighted by Gasteiger charge is 2.30. The number of rotatable bonds is 8. The number of carbonyl (C=O) groups is 1. The Balaban J connectivity index is 1.59. The summed E-state index contributed by atoms with van der Waals surface area (Å²) in [6.07, 6.45) is 7.59. The predicted octanol–water partition coefficient (Wildman–Crippen LogP) is 5.83. The predicted molar refractivity (Wildman–Crippen MR) is 107 cm³/mol. The van der Waals surface area contributed by atoms with Gasteiger partial charge in [-0.25, -0.2) is 4.39 Å². The summed E-state index contributed by atoms with van der Waals surface area (Å²) < 4.78 is 19.7. The fourth-order valence-electron chi connectivity index (χ4n) is 3.73. The number of aryl methyl sites for hydroxylation is 3. The number of esters is 1. The van der Waals surface area contributed by atoms with Crippen molar-refractivity contribution >= 4 is 5.97 Å². The minimum atomic E-state index is -0.375. The number of hydrogen-bond donors (Lipinski definition) is 0. The third-order valence-electron chi connectivity index (χ3n) is 5.52. The maximum absolute atomic E-state index is 14.4. The van der Waals surface area contributed by atoms with Gasteiger partial charge in [0.05, 0.1) is 5.92 Å². The van der Waals surface area contributed by atoms with Crippen molar-refractivity contribution in [2.75, 3.05) is 0 Å². The van der Waals surface area contributed by atoms with Crippen LogP contribution < -0.4 is 4.74 Å². The number of unbranched alkanes of at least 4 members (excludes halogenated alkanes) is 2. The summed E-state index contributed by atoms with van der Waals surface area (Å²) in [6.45, 7) is 4.11. The van der Waals surface area contributed by atoms with Crippen LogP contribution >= 0.6 is 0 Å². The molecule has 0 spiro atoms. The van der Waals surface area contributed by atoms with Gasteiger partial charge in [-0.15, -0.1) is 0 Å². The van der Waals surface area contributed by atoms with Crippen LogP contribution in [0.25, 0.3) is 0 Å². The molecule has 3 rings (SSSR count). The molecular weight excluding hydrogens is 339 g/mol. The molecule has 0 aromatic heterocycles. The van der Waals surface area contributed by atoms with Gasteiger partial charge in [0, 0.05) is 0 Å². The van der Waals surface area contributed by atoms with Crippen LogP contribution in [0.1, 0.15) is 61.8 Å². The summed E-state index contributed by atoms with van der Waals surface area (Å²) in [5.74, 6) is -0.730. The molecule has 3 heteroatoms. The third-order valence-corrected chi connectivity index (χ3v) is 5.52. The quantitative estimate of drug-likeness (QED) is 0.333. The molecule has 1 aliphatic rings. The van der Waals surface area contributed by atoms with E-state index < -0.39 is 0 Å². The first-order valence-corrected chi connectivity index (χ1v) is 10.2. The van der Waals surface area contributed by atoms with Gasteiger partial charge in [0.2, 0.25) is 0 Å². The summed E-state index contributed by atoms with van der Waals surface area (Å²) in [4.78, 5) is 12.3. The molecule has 2 aromatic carbocycles. The van der Waals surface area contributed by atoms with Gasteiger partial charge in [-0.05, 0) is 60.8 Å². The second-order valence-corrected chi connectivity index (χ2v) is 7.51. The van der Waals surface area contributed by atoms with Crippen molar-refractivity contribution in [3.8, 4) is 5.75 Å². The van der Waals surface area contributed by atoms with Crippen LogP contribution in [0.3, 0.4) is 0 Å². The number of hydrogen-bond acceptors (Lipinski definition) is 2. The average Bonchev–Trinajstić information content (AvgIpc) is 2.68. The fourth-order valence-corrected chi connectivity index (χ4v) is 3.73. The molecule has 1 aliphatic heterocycles. The Labute approximate surface area is 161 Å². The maximum Gasteiger partial charge on any atom is 0.314 e. The van der Waals surface area contributed by atoms with E-state index in [4.69, 9.17) is 4.74 Å². The van der Waals surface area contributed by atoms with Crippen molar-refractivity contribution in [2.45, 2.75) is 65.2 Å². The molecule has 144 valence electrons. The Hall–Kier alpha value is -2.16. The van der Waals surface area contributed by atoms with Crippen LogP contribution in [0.5, 0.6) is 5.75 Å². The van der Waals surface area contributed by atoms with Crippen LogP contribution in [0, 0.1) is 11.7 Å². The van der Waals surface area contributed by atoms with E-state index in [2.05, 4.69) is 31.2 Å². The van der Waals surface area contributed by atoms with Gasteiger partial charge in [-0.3, -0.25) is 4.79 Å². The van der Waals surface area contributed by atoms with Crippen molar-refractivity contribution in [1.82, 2.24) is 0 Å². The normalized spacial score (nSPS) is 16.1. The van der Waals surface area contributed by atoms with E-state index in [1.807, 2.05) is 19.1 Å². The number of carbonyl (C=O) groups excluding carboxylic acids is 1. The molecule has 0 radical (unpaired) electrons. The van der Waals surface area contributed by atoms with Crippen LogP contribution in [-0.4, -0.2) is 5.97 Å². The summed E-state index contributed by atoms with van der Waals surface area (Å²) in [7, 11) is 0. The maximum atomic E-state index is 14.4. The Bertz CT molecular complexity index is 780. The molecule has 0 N–H and O–H groups in total. The van der Waals surface area contributed by atoms with Crippen LogP contribution in [0.15, 0.2) is 36.4 Å². The Morgan fingerprint density at radius 2 is 1.70 bits per heavy atom. The van der Waals surface area contributed by atoms with E-state index in [1.165, 1.54) is 30.4 Å². The molecule has 1 atom stereocenters. The highest BCUT2D eigenvalue weighted by atomic mass is 19.1. The average molecular weight is 368 g/mol. The highest BCUT2D eigenvalue weighted by molar-refractivity contribution is 5.78. The summed E-state index contributed by atoms with van der Waals surface area (Å²) in [5.41, 5.74) is 4.01. The molecule has 0 aliphatic carbocycles. The van der Waals surface area contributed by atoms with Gasteiger partial charge in [0.25, 0.3) is 0 Å². The smallest absolute Gasteiger partial charge is 0.314 e. The summed E-state index contributed by atoms with van der Waals surface area (Å²) in [5, 5.41) is 0. The van der Waals surface area contributed by atoms with Gasteiger partial charge >= 0.3 is 5.97 Å². The number of ether oxygens (including phenoxy) is 1.